The maximum absolute atomic E-state index is 12.3. The van der Waals surface area contributed by atoms with Crippen LogP contribution in [0.25, 0.3) is 0 Å². The Kier molecular flexibility index (Phi) is 9.17. The number of aryl methyl sites for hydroxylation is 1. The molecule has 7 nitrogen and oxygen atoms in total. The predicted octanol–water partition coefficient (Wildman–Crippen LogP) is 4.16. The van der Waals surface area contributed by atoms with Crippen molar-refractivity contribution in [2.45, 2.75) is 55.7 Å². The molecule has 32 heavy (non-hydrogen) atoms. The third kappa shape index (κ3) is 7.38. The molecule has 1 fully saturated rings. The summed E-state index contributed by atoms with van der Waals surface area (Å²) in [6.07, 6.45) is 4.66. The number of piperidine rings is 1. The van der Waals surface area contributed by atoms with Crippen LogP contribution >= 0.6 is 11.8 Å². The summed E-state index contributed by atoms with van der Waals surface area (Å²) in [6, 6.07) is 8.01. The minimum Gasteiger partial charge on any atom is -0.465 e. The number of carbonyl (C=O) groups excluding carboxylic acids is 1. The van der Waals surface area contributed by atoms with E-state index in [9.17, 15) is 4.79 Å². The van der Waals surface area contributed by atoms with Crippen molar-refractivity contribution >= 4 is 29.5 Å². The van der Waals surface area contributed by atoms with E-state index in [1.54, 1.807) is 11.8 Å². The number of benzene rings is 1. The Morgan fingerprint density at radius 1 is 1.25 bits per heavy atom. The molecule has 0 atom stereocenters. The molecule has 8 heteroatoms. The van der Waals surface area contributed by atoms with Gasteiger partial charge in [-0.3, -0.25) is 4.79 Å². The molecular formula is C24H35N5O2S. The van der Waals surface area contributed by atoms with Gasteiger partial charge in [0.05, 0.1) is 23.6 Å². The number of anilines is 2. The van der Waals surface area contributed by atoms with Gasteiger partial charge in [0, 0.05) is 11.4 Å². The van der Waals surface area contributed by atoms with Crippen LogP contribution in [0.15, 0.2) is 34.1 Å². The highest BCUT2D eigenvalue weighted by Crippen LogP contribution is 2.35. The fourth-order valence-electron chi connectivity index (χ4n) is 3.66. The van der Waals surface area contributed by atoms with Crippen LogP contribution in [0.4, 0.5) is 11.8 Å². The monoisotopic (exact) mass is 457 g/mol. The van der Waals surface area contributed by atoms with Gasteiger partial charge in [0.1, 0.15) is 5.82 Å². The zero-order chi connectivity index (χ0) is 22.9. The van der Waals surface area contributed by atoms with Crippen molar-refractivity contribution in [2.75, 3.05) is 44.3 Å². The standard InChI is InChI=1S/C24H35N5O2S/c1-4-5-12-26-23-22(17(2)27-24(25)28-23)32-20-8-6-18(7-9-20)15-21(30)31-16-19-10-13-29(3)14-11-19/h6-9,19H,4-5,10-16H2,1-3H3,(H3,25,26,27,28). The number of likely N-dealkylation sites (tertiary alicyclic amines) is 1. The van der Waals surface area contributed by atoms with Gasteiger partial charge >= 0.3 is 5.97 Å². The minimum atomic E-state index is -0.158. The van der Waals surface area contributed by atoms with E-state index in [0.717, 1.165) is 72.2 Å². The Balaban J connectivity index is 1.55. The summed E-state index contributed by atoms with van der Waals surface area (Å²) < 4.78 is 5.54. The molecule has 3 rings (SSSR count). The van der Waals surface area contributed by atoms with Crippen LogP contribution in [0.1, 0.15) is 43.9 Å². The summed E-state index contributed by atoms with van der Waals surface area (Å²) in [4.78, 5) is 25.3. The third-order valence-corrected chi connectivity index (χ3v) is 6.89. The molecule has 2 aromatic rings. The smallest absolute Gasteiger partial charge is 0.310 e. The van der Waals surface area contributed by atoms with Crippen LogP contribution in [0, 0.1) is 12.8 Å². The molecule has 174 valence electrons. The molecule has 1 aliphatic rings. The normalized spacial score (nSPS) is 15.0. The lowest BCUT2D eigenvalue weighted by Crippen LogP contribution is -2.32. The van der Waals surface area contributed by atoms with Crippen LogP contribution in [0.2, 0.25) is 0 Å². The van der Waals surface area contributed by atoms with Gasteiger partial charge in [0.2, 0.25) is 5.95 Å². The topological polar surface area (TPSA) is 93.4 Å². The van der Waals surface area contributed by atoms with Gasteiger partial charge in [-0.25, -0.2) is 4.98 Å². The van der Waals surface area contributed by atoms with Crippen molar-refractivity contribution in [2.24, 2.45) is 5.92 Å². The first-order valence-corrected chi connectivity index (χ1v) is 12.2. The Morgan fingerprint density at radius 2 is 1.97 bits per heavy atom. The van der Waals surface area contributed by atoms with Crippen molar-refractivity contribution in [3.05, 3.63) is 35.5 Å². The molecule has 1 aromatic heterocycles. The lowest BCUT2D eigenvalue weighted by atomic mass is 9.98. The fourth-order valence-corrected chi connectivity index (χ4v) is 4.58. The molecular weight excluding hydrogens is 422 g/mol. The molecule has 0 aliphatic carbocycles. The van der Waals surface area contributed by atoms with Crippen LogP contribution < -0.4 is 11.1 Å². The van der Waals surface area contributed by atoms with Crippen LogP contribution in [-0.4, -0.2) is 54.1 Å². The second kappa shape index (κ2) is 12.1. The Hall–Kier alpha value is -2.32. The quantitative estimate of drug-likeness (QED) is 0.406. The number of hydrogen-bond acceptors (Lipinski definition) is 8. The molecule has 2 heterocycles. The van der Waals surface area contributed by atoms with Crippen molar-refractivity contribution < 1.29 is 9.53 Å². The van der Waals surface area contributed by atoms with E-state index in [0.29, 0.717) is 18.9 Å². The highest BCUT2D eigenvalue weighted by atomic mass is 32.2. The number of nitrogen functional groups attached to an aromatic ring is 1. The first kappa shape index (κ1) is 24.3. The van der Waals surface area contributed by atoms with Gasteiger partial charge in [0.15, 0.2) is 0 Å². The summed E-state index contributed by atoms with van der Waals surface area (Å²) in [7, 11) is 2.13. The Morgan fingerprint density at radius 3 is 2.66 bits per heavy atom. The predicted molar refractivity (Wildman–Crippen MR) is 130 cm³/mol. The van der Waals surface area contributed by atoms with Crippen molar-refractivity contribution in [3.8, 4) is 0 Å². The van der Waals surface area contributed by atoms with E-state index in [2.05, 4.69) is 34.2 Å². The Bertz CT molecular complexity index is 883. The highest BCUT2D eigenvalue weighted by molar-refractivity contribution is 7.99. The largest absolute Gasteiger partial charge is 0.465 e. The van der Waals surface area contributed by atoms with E-state index in [1.807, 2.05) is 31.2 Å². The molecule has 3 N–H and O–H groups in total. The number of esters is 1. The highest BCUT2D eigenvalue weighted by Gasteiger charge is 2.18. The summed E-state index contributed by atoms with van der Waals surface area (Å²) in [5, 5.41) is 3.38. The van der Waals surface area contributed by atoms with Gasteiger partial charge in [0.25, 0.3) is 0 Å². The maximum atomic E-state index is 12.3. The number of carbonyl (C=O) groups is 1. The number of rotatable bonds is 10. The van der Waals surface area contributed by atoms with Gasteiger partial charge in [-0.15, -0.1) is 0 Å². The second-order valence-corrected chi connectivity index (χ2v) is 9.56. The molecule has 0 spiro atoms. The minimum absolute atomic E-state index is 0.158. The van der Waals surface area contributed by atoms with E-state index in [1.165, 1.54) is 0 Å². The van der Waals surface area contributed by atoms with Gasteiger partial charge < -0.3 is 20.7 Å². The summed E-state index contributed by atoms with van der Waals surface area (Å²) >= 11 is 1.60. The average Bonchev–Trinajstić information content (AvgIpc) is 2.77. The maximum Gasteiger partial charge on any atom is 0.310 e. The first-order valence-electron chi connectivity index (χ1n) is 11.4. The van der Waals surface area contributed by atoms with E-state index < -0.39 is 0 Å². The summed E-state index contributed by atoms with van der Waals surface area (Å²) in [5.74, 6) is 1.38. The van der Waals surface area contributed by atoms with Crippen LogP contribution in [-0.2, 0) is 16.0 Å². The van der Waals surface area contributed by atoms with Crippen molar-refractivity contribution in [1.29, 1.82) is 0 Å². The van der Waals surface area contributed by atoms with Crippen molar-refractivity contribution in [3.63, 3.8) is 0 Å². The number of hydrogen-bond donors (Lipinski definition) is 2. The SMILES string of the molecule is CCCCNc1nc(N)nc(C)c1Sc1ccc(CC(=O)OCC2CCN(C)CC2)cc1. The van der Waals surface area contributed by atoms with Gasteiger partial charge in [-0.05, 0) is 69.9 Å². The van der Waals surface area contributed by atoms with Crippen molar-refractivity contribution in [1.82, 2.24) is 14.9 Å². The van der Waals surface area contributed by atoms with Crippen LogP contribution in [0.5, 0.6) is 0 Å². The van der Waals surface area contributed by atoms with E-state index in [4.69, 9.17) is 10.5 Å². The number of unbranched alkanes of at least 4 members (excludes halogenated alkanes) is 1. The number of nitrogens with one attached hydrogen (secondary N) is 1. The summed E-state index contributed by atoms with van der Waals surface area (Å²) in [6.45, 7) is 7.64. The van der Waals surface area contributed by atoms with Crippen LogP contribution in [0.3, 0.4) is 0 Å². The second-order valence-electron chi connectivity index (χ2n) is 8.48. The Labute approximate surface area is 195 Å². The number of nitrogens with zero attached hydrogens (tertiary/aromatic N) is 3. The molecule has 1 aromatic carbocycles. The zero-order valence-electron chi connectivity index (χ0n) is 19.4. The molecule has 1 aliphatic heterocycles. The summed E-state index contributed by atoms with van der Waals surface area (Å²) in [5.41, 5.74) is 7.66. The van der Waals surface area contributed by atoms with E-state index >= 15 is 0 Å². The number of ether oxygens (including phenoxy) is 1. The molecule has 0 saturated carbocycles. The molecule has 0 amide bonds. The number of nitrogens with two attached hydrogens (primary N) is 1. The number of aromatic nitrogens is 2. The molecule has 0 unspecified atom stereocenters. The average molecular weight is 458 g/mol. The van der Waals surface area contributed by atoms with Gasteiger partial charge in [-0.2, -0.15) is 4.98 Å². The molecule has 0 radical (unpaired) electrons. The molecule has 1 saturated heterocycles. The molecule has 0 bridgehead atoms. The van der Waals surface area contributed by atoms with Gasteiger partial charge in [-0.1, -0.05) is 37.2 Å². The first-order chi connectivity index (χ1) is 15.4. The van der Waals surface area contributed by atoms with E-state index in [-0.39, 0.29) is 11.9 Å². The zero-order valence-corrected chi connectivity index (χ0v) is 20.2. The fraction of sp³-hybridized carbons (Fsp3) is 0.542. The third-order valence-electron chi connectivity index (χ3n) is 5.68. The lowest BCUT2D eigenvalue weighted by molar-refractivity contribution is -0.144. The lowest BCUT2D eigenvalue weighted by Gasteiger charge is -2.28.